The third kappa shape index (κ3) is 1.35. The van der Waals surface area contributed by atoms with E-state index >= 15 is 0 Å². The summed E-state index contributed by atoms with van der Waals surface area (Å²) >= 11 is 0. The van der Waals surface area contributed by atoms with Crippen LogP contribution in [0.2, 0.25) is 0 Å². The molecular formula is C8H10N2. The molecule has 0 aliphatic carbocycles. The Labute approximate surface area is 60.7 Å². The summed E-state index contributed by atoms with van der Waals surface area (Å²) in [6.07, 6.45) is 7.34. The molecule has 0 aromatic heterocycles. The lowest BCUT2D eigenvalue weighted by molar-refractivity contribution is 1.18. The van der Waals surface area contributed by atoms with Crippen molar-refractivity contribution in [2.75, 3.05) is 0 Å². The van der Waals surface area contributed by atoms with E-state index in [-0.39, 0.29) is 0 Å². The van der Waals surface area contributed by atoms with E-state index in [1.54, 1.807) is 6.20 Å². The molecule has 1 N–H and O–H groups in total. The van der Waals surface area contributed by atoms with Gasteiger partial charge in [-0.25, -0.2) is 0 Å². The fraction of sp³-hybridized carbons (Fsp3) is 0.125. The van der Waals surface area contributed by atoms with Gasteiger partial charge < -0.3 is 5.32 Å². The predicted molar refractivity (Wildman–Crippen MR) is 43.7 cm³/mol. The van der Waals surface area contributed by atoms with Gasteiger partial charge in [-0.3, -0.25) is 4.99 Å². The fourth-order valence-electron chi connectivity index (χ4n) is 0.672. The van der Waals surface area contributed by atoms with Crippen LogP contribution in [0.15, 0.2) is 41.8 Å². The van der Waals surface area contributed by atoms with E-state index < -0.39 is 0 Å². The Morgan fingerprint density at radius 3 is 3.00 bits per heavy atom. The highest BCUT2D eigenvalue weighted by atomic mass is 14.9. The van der Waals surface area contributed by atoms with Gasteiger partial charge in [0.15, 0.2) is 0 Å². The molecule has 0 amide bonds. The summed E-state index contributed by atoms with van der Waals surface area (Å²) in [5.74, 6) is 0. The Kier molecular flexibility index (Phi) is 2.05. The van der Waals surface area contributed by atoms with Crippen LogP contribution in [-0.4, -0.2) is 5.71 Å². The zero-order valence-electron chi connectivity index (χ0n) is 5.96. The van der Waals surface area contributed by atoms with Gasteiger partial charge in [-0.1, -0.05) is 12.7 Å². The van der Waals surface area contributed by atoms with Crippen molar-refractivity contribution in [2.24, 2.45) is 4.99 Å². The Bertz CT molecular complexity index is 221. The lowest BCUT2D eigenvalue weighted by atomic mass is 10.3. The van der Waals surface area contributed by atoms with Gasteiger partial charge in [0.2, 0.25) is 0 Å². The Morgan fingerprint density at radius 2 is 2.50 bits per heavy atom. The summed E-state index contributed by atoms with van der Waals surface area (Å²) in [5.41, 5.74) is 1.76. The van der Waals surface area contributed by atoms with Gasteiger partial charge in [0.05, 0.1) is 11.4 Å². The van der Waals surface area contributed by atoms with Gasteiger partial charge in [-0.05, 0) is 13.0 Å². The van der Waals surface area contributed by atoms with E-state index in [2.05, 4.69) is 16.9 Å². The number of nitrogens with one attached hydrogen (secondary N) is 1. The molecule has 0 unspecified atom stereocenters. The zero-order valence-corrected chi connectivity index (χ0v) is 5.96. The molecule has 1 rings (SSSR count). The predicted octanol–water partition coefficient (Wildman–Crippen LogP) is 1.59. The minimum atomic E-state index is 0.859. The highest BCUT2D eigenvalue weighted by Crippen LogP contribution is 2.00. The molecule has 52 valence electrons. The summed E-state index contributed by atoms with van der Waals surface area (Å²) in [4.78, 5) is 4.11. The highest BCUT2D eigenvalue weighted by molar-refractivity contribution is 6.09. The van der Waals surface area contributed by atoms with E-state index in [1.165, 1.54) is 0 Å². The minimum absolute atomic E-state index is 0.859. The molecular weight excluding hydrogens is 124 g/mol. The van der Waals surface area contributed by atoms with Crippen LogP contribution in [0.1, 0.15) is 6.92 Å². The number of allylic oxidation sites excluding steroid dienone is 2. The molecule has 0 atom stereocenters. The first-order valence-electron chi connectivity index (χ1n) is 3.16. The van der Waals surface area contributed by atoms with Crippen molar-refractivity contribution in [3.8, 4) is 0 Å². The molecule has 0 fully saturated rings. The summed E-state index contributed by atoms with van der Waals surface area (Å²) in [5, 5.41) is 2.94. The second-order valence-corrected chi connectivity index (χ2v) is 1.95. The monoisotopic (exact) mass is 134 g/mol. The van der Waals surface area contributed by atoms with Crippen molar-refractivity contribution in [3.05, 3.63) is 36.8 Å². The topological polar surface area (TPSA) is 24.4 Å². The summed E-state index contributed by atoms with van der Waals surface area (Å²) in [7, 11) is 0. The van der Waals surface area contributed by atoms with Crippen LogP contribution >= 0.6 is 0 Å². The third-order valence-corrected chi connectivity index (χ3v) is 1.17. The Morgan fingerprint density at radius 1 is 1.70 bits per heavy atom. The van der Waals surface area contributed by atoms with Crippen molar-refractivity contribution >= 4 is 5.71 Å². The molecule has 0 radical (unpaired) electrons. The maximum absolute atomic E-state index is 4.11. The molecule has 1 aliphatic rings. The highest BCUT2D eigenvalue weighted by Gasteiger charge is 2.02. The minimum Gasteiger partial charge on any atom is -0.360 e. The lowest BCUT2D eigenvalue weighted by Crippen LogP contribution is -2.02. The van der Waals surface area contributed by atoms with Crippen molar-refractivity contribution in [3.63, 3.8) is 0 Å². The molecule has 0 saturated carbocycles. The maximum atomic E-state index is 4.11. The van der Waals surface area contributed by atoms with Gasteiger partial charge in [-0.2, -0.15) is 0 Å². The van der Waals surface area contributed by atoms with Crippen LogP contribution in [0.25, 0.3) is 0 Å². The molecule has 0 bridgehead atoms. The van der Waals surface area contributed by atoms with E-state index in [9.17, 15) is 0 Å². The van der Waals surface area contributed by atoms with Crippen molar-refractivity contribution in [1.82, 2.24) is 5.32 Å². The normalized spacial score (nSPS) is 20.9. The average Bonchev–Trinajstić information content (AvgIpc) is 2.31. The number of aliphatic imine (C=N–C) groups is 1. The molecule has 0 aromatic rings. The van der Waals surface area contributed by atoms with E-state index in [4.69, 9.17) is 0 Å². The Balaban J connectivity index is 2.72. The SMILES string of the molecule is C=C1NC=C/C1=N/C=C\C. The van der Waals surface area contributed by atoms with Crippen LogP contribution in [0.4, 0.5) is 0 Å². The third-order valence-electron chi connectivity index (χ3n) is 1.17. The smallest absolute Gasteiger partial charge is 0.0872 e. The lowest BCUT2D eigenvalue weighted by Gasteiger charge is -1.93. The number of hydrogen-bond donors (Lipinski definition) is 1. The van der Waals surface area contributed by atoms with E-state index in [0.29, 0.717) is 0 Å². The molecule has 0 aromatic carbocycles. The number of hydrogen-bond acceptors (Lipinski definition) is 2. The molecule has 0 saturated heterocycles. The maximum Gasteiger partial charge on any atom is 0.0872 e. The van der Waals surface area contributed by atoms with Crippen LogP contribution in [0.3, 0.4) is 0 Å². The first kappa shape index (κ1) is 6.81. The quantitative estimate of drug-likeness (QED) is 0.578. The van der Waals surface area contributed by atoms with Crippen LogP contribution in [-0.2, 0) is 0 Å². The fourth-order valence-corrected chi connectivity index (χ4v) is 0.672. The number of nitrogens with zero attached hydrogens (tertiary/aromatic N) is 1. The van der Waals surface area contributed by atoms with Gasteiger partial charge in [0.25, 0.3) is 0 Å². The zero-order chi connectivity index (χ0) is 7.40. The Hall–Kier alpha value is -1.31. The van der Waals surface area contributed by atoms with Crippen molar-refractivity contribution in [1.29, 1.82) is 0 Å². The van der Waals surface area contributed by atoms with Crippen LogP contribution < -0.4 is 5.32 Å². The molecule has 1 heterocycles. The molecule has 10 heavy (non-hydrogen) atoms. The first-order chi connectivity index (χ1) is 4.84. The summed E-state index contributed by atoms with van der Waals surface area (Å²) in [6.45, 7) is 5.68. The summed E-state index contributed by atoms with van der Waals surface area (Å²) in [6, 6.07) is 0. The van der Waals surface area contributed by atoms with Gasteiger partial charge in [0, 0.05) is 12.4 Å². The van der Waals surface area contributed by atoms with Gasteiger partial charge in [0.1, 0.15) is 0 Å². The second kappa shape index (κ2) is 3.01. The van der Waals surface area contributed by atoms with Gasteiger partial charge >= 0.3 is 0 Å². The molecule has 2 heteroatoms. The standard InChI is InChI=1S/C8H10N2/c1-3-5-10-8-4-6-9-7(8)2/h3-6,9H,2H2,1H3/b5-3-,10-8-. The molecule has 2 nitrogen and oxygen atoms in total. The second-order valence-electron chi connectivity index (χ2n) is 1.95. The van der Waals surface area contributed by atoms with Crippen LogP contribution in [0.5, 0.6) is 0 Å². The molecule has 0 spiro atoms. The van der Waals surface area contributed by atoms with E-state index in [1.807, 2.05) is 25.3 Å². The average molecular weight is 134 g/mol. The van der Waals surface area contributed by atoms with Crippen LogP contribution in [0, 0.1) is 0 Å². The van der Waals surface area contributed by atoms with Crippen molar-refractivity contribution < 1.29 is 0 Å². The largest absolute Gasteiger partial charge is 0.360 e. The molecule has 1 aliphatic heterocycles. The first-order valence-corrected chi connectivity index (χ1v) is 3.16. The van der Waals surface area contributed by atoms with E-state index in [0.717, 1.165) is 11.4 Å². The van der Waals surface area contributed by atoms with Crippen molar-refractivity contribution in [2.45, 2.75) is 6.92 Å². The summed E-state index contributed by atoms with van der Waals surface area (Å²) < 4.78 is 0. The van der Waals surface area contributed by atoms with Gasteiger partial charge in [-0.15, -0.1) is 0 Å². The number of rotatable bonds is 1.